The highest BCUT2D eigenvalue weighted by molar-refractivity contribution is 9.10. The Morgan fingerprint density at radius 1 is 1.11 bits per heavy atom. The monoisotopic (exact) mass is 345 g/mol. The third-order valence-electron chi connectivity index (χ3n) is 2.45. The second kappa shape index (κ2) is 5.43. The highest BCUT2D eigenvalue weighted by Gasteiger charge is 2.09. The average Bonchev–Trinajstić information content (AvgIpc) is 2.30. The molecule has 0 saturated carbocycles. The maximum Gasteiger partial charge on any atom is 0.172 e. The van der Waals surface area contributed by atoms with Gasteiger partial charge in [0.05, 0.1) is 22.1 Å². The van der Waals surface area contributed by atoms with Gasteiger partial charge in [-0.25, -0.2) is 9.97 Å². The molecule has 3 nitrogen and oxygen atoms in total. The van der Waals surface area contributed by atoms with Crippen LogP contribution in [0.4, 0.5) is 11.5 Å². The number of halogens is 3. The van der Waals surface area contributed by atoms with Crippen molar-refractivity contribution < 1.29 is 0 Å². The van der Waals surface area contributed by atoms with Crippen molar-refractivity contribution in [3.63, 3.8) is 0 Å². The Morgan fingerprint density at radius 3 is 2.50 bits per heavy atom. The summed E-state index contributed by atoms with van der Waals surface area (Å²) >= 11 is 15.5. The molecule has 0 bridgehead atoms. The lowest BCUT2D eigenvalue weighted by atomic mass is 10.3. The third-order valence-corrected chi connectivity index (χ3v) is 3.53. The highest BCUT2D eigenvalue weighted by Crippen LogP contribution is 2.30. The molecule has 0 fully saturated rings. The van der Waals surface area contributed by atoms with Crippen molar-refractivity contribution in [1.82, 2.24) is 9.97 Å². The number of benzene rings is 1. The average molecular weight is 347 g/mol. The molecule has 1 aromatic carbocycles. The van der Waals surface area contributed by atoms with Crippen molar-refractivity contribution in [3.05, 3.63) is 44.2 Å². The normalized spacial score (nSPS) is 10.5. The number of aromatic nitrogens is 2. The van der Waals surface area contributed by atoms with Gasteiger partial charge in [-0.1, -0.05) is 39.1 Å². The Hall–Kier alpha value is -0.840. The molecule has 0 aliphatic rings. The van der Waals surface area contributed by atoms with E-state index >= 15 is 0 Å². The molecular formula is C12H10BrCl2N3. The van der Waals surface area contributed by atoms with E-state index in [9.17, 15) is 0 Å². The van der Waals surface area contributed by atoms with Crippen LogP contribution in [0.15, 0.2) is 22.7 Å². The molecule has 1 heterocycles. The third kappa shape index (κ3) is 2.94. The predicted molar refractivity (Wildman–Crippen MR) is 79.0 cm³/mol. The standard InChI is InChI=1S/C12H10BrCl2N3/c1-6-7(2)17-12(11(15)16-6)18-10-5-8(13)3-4-9(10)14/h3-5H,1-2H3,(H,17,18). The van der Waals surface area contributed by atoms with Crippen LogP contribution in [-0.2, 0) is 0 Å². The van der Waals surface area contributed by atoms with Crippen molar-refractivity contribution in [2.45, 2.75) is 13.8 Å². The van der Waals surface area contributed by atoms with Gasteiger partial charge in [-0.15, -0.1) is 0 Å². The van der Waals surface area contributed by atoms with Crippen molar-refractivity contribution in [1.29, 1.82) is 0 Å². The van der Waals surface area contributed by atoms with E-state index in [-0.39, 0.29) is 0 Å². The van der Waals surface area contributed by atoms with E-state index in [1.807, 2.05) is 26.0 Å². The van der Waals surface area contributed by atoms with E-state index in [0.29, 0.717) is 16.0 Å². The molecule has 94 valence electrons. The fourth-order valence-electron chi connectivity index (χ4n) is 1.38. The molecule has 2 aromatic rings. The SMILES string of the molecule is Cc1nc(Cl)c(Nc2cc(Br)ccc2Cl)nc1C. The zero-order valence-electron chi connectivity index (χ0n) is 9.76. The van der Waals surface area contributed by atoms with Crippen molar-refractivity contribution >= 4 is 50.6 Å². The predicted octanol–water partition coefficient (Wildman–Crippen LogP) is 4.91. The summed E-state index contributed by atoms with van der Waals surface area (Å²) in [4.78, 5) is 8.57. The van der Waals surface area contributed by atoms with Crippen LogP contribution < -0.4 is 5.32 Å². The summed E-state index contributed by atoms with van der Waals surface area (Å²) in [6.07, 6.45) is 0. The molecule has 0 aliphatic heterocycles. The number of aryl methyl sites for hydroxylation is 2. The van der Waals surface area contributed by atoms with E-state index in [1.54, 1.807) is 6.07 Å². The molecule has 6 heteroatoms. The van der Waals surface area contributed by atoms with Crippen LogP contribution in [-0.4, -0.2) is 9.97 Å². The molecule has 0 saturated heterocycles. The van der Waals surface area contributed by atoms with Crippen LogP contribution in [0, 0.1) is 13.8 Å². The van der Waals surface area contributed by atoms with Gasteiger partial charge < -0.3 is 5.32 Å². The maximum absolute atomic E-state index is 6.09. The first-order valence-electron chi connectivity index (χ1n) is 5.20. The zero-order valence-corrected chi connectivity index (χ0v) is 12.9. The van der Waals surface area contributed by atoms with Crippen LogP contribution in [0.2, 0.25) is 10.2 Å². The highest BCUT2D eigenvalue weighted by atomic mass is 79.9. The Bertz CT molecular complexity index is 602. The van der Waals surface area contributed by atoms with E-state index in [4.69, 9.17) is 23.2 Å². The number of hydrogen-bond donors (Lipinski definition) is 1. The Labute approximate surface area is 124 Å². The van der Waals surface area contributed by atoms with Crippen molar-refractivity contribution in [2.75, 3.05) is 5.32 Å². The molecule has 18 heavy (non-hydrogen) atoms. The molecule has 1 aromatic heterocycles. The molecular weight excluding hydrogens is 337 g/mol. The first kappa shape index (κ1) is 13.6. The fraction of sp³-hybridized carbons (Fsp3) is 0.167. The lowest BCUT2D eigenvalue weighted by molar-refractivity contribution is 1.05. The number of nitrogens with zero attached hydrogens (tertiary/aromatic N) is 2. The molecule has 0 atom stereocenters. The fourth-order valence-corrected chi connectivity index (χ4v) is 2.12. The lowest BCUT2D eigenvalue weighted by Crippen LogP contribution is -2.01. The summed E-state index contributed by atoms with van der Waals surface area (Å²) in [6, 6.07) is 5.51. The molecule has 0 amide bonds. The maximum atomic E-state index is 6.09. The van der Waals surface area contributed by atoms with Gasteiger partial charge in [-0.2, -0.15) is 0 Å². The first-order chi connectivity index (χ1) is 8.47. The van der Waals surface area contributed by atoms with Gasteiger partial charge in [0.2, 0.25) is 0 Å². The molecule has 0 spiro atoms. The molecule has 0 aliphatic carbocycles. The lowest BCUT2D eigenvalue weighted by Gasteiger charge is -2.10. The summed E-state index contributed by atoms with van der Waals surface area (Å²) in [7, 11) is 0. The minimum atomic E-state index is 0.328. The second-order valence-corrected chi connectivity index (χ2v) is 5.46. The largest absolute Gasteiger partial charge is 0.336 e. The van der Waals surface area contributed by atoms with Crippen molar-refractivity contribution in [3.8, 4) is 0 Å². The van der Waals surface area contributed by atoms with Crippen LogP contribution in [0.5, 0.6) is 0 Å². The zero-order chi connectivity index (χ0) is 13.3. The quantitative estimate of drug-likeness (QED) is 0.839. The van der Waals surface area contributed by atoms with Gasteiger partial charge >= 0.3 is 0 Å². The Balaban J connectivity index is 2.40. The van der Waals surface area contributed by atoms with E-state index in [0.717, 1.165) is 21.5 Å². The van der Waals surface area contributed by atoms with Gasteiger partial charge in [0.15, 0.2) is 11.0 Å². The summed E-state index contributed by atoms with van der Waals surface area (Å²) in [5.74, 6) is 0.500. The van der Waals surface area contributed by atoms with E-state index < -0.39 is 0 Å². The van der Waals surface area contributed by atoms with Crippen LogP contribution >= 0.6 is 39.1 Å². The summed E-state index contributed by atoms with van der Waals surface area (Å²) in [5, 5.41) is 4.00. The Morgan fingerprint density at radius 2 is 1.78 bits per heavy atom. The number of nitrogens with one attached hydrogen (secondary N) is 1. The van der Waals surface area contributed by atoms with E-state index in [2.05, 4.69) is 31.2 Å². The van der Waals surface area contributed by atoms with Gasteiger partial charge in [-0.05, 0) is 32.0 Å². The minimum absolute atomic E-state index is 0.328. The first-order valence-corrected chi connectivity index (χ1v) is 6.75. The molecule has 2 rings (SSSR count). The van der Waals surface area contributed by atoms with Gasteiger partial charge in [0, 0.05) is 4.47 Å². The van der Waals surface area contributed by atoms with Gasteiger partial charge in [0.25, 0.3) is 0 Å². The van der Waals surface area contributed by atoms with Crippen LogP contribution in [0.25, 0.3) is 0 Å². The topological polar surface area (TPSA) is 37.8 Å². The summed E-state index contributed by atoms with van der Waals surface area (Å²) in [5.41, 5.74) is 2.37. The van der Waals surface area contributed by atoms with Gasteiger partial charge in [-0.3, -0.25) is 0 Å². The number of rotatable bonds is 2. The summed E-state index contributed by atoms with van der Waals surface area (Å²) in [6.45, 7) is 3.75. The Kier molecular flexibility index (Phi) is 4.10. The summed E-state index contributed by atoms with van der Waals surface area (Å²) < 4.78 is 0.919. The number of anilines is 2. The number of hydrogen-bond acceptors (Lipinski definition) is 3. The molecule has 0 unspecified atom stereocenters. The molecule has 0 radical (unpaired) electrons. The van der Waals surface area contributed by atoms with Crippen LogP contribution in [0.1, 0.15) is 11.4 Å². The molecule has 1 N–H and O–H groups in total. The van der Waals surface area contributed by atoms with E-state index in [1.165, 1.54) is 0 Å². The van der Waals surface area contributed by atoms with Crippen molar-refractivity contribution in [2.24, 2.45) is 0 Å². The van der Waals surface area contributed by atoms with Gasteiger partial charge in [0.1, 0.15) is 0 Å². The van der Waals surface area contributed by atoms with Crippen LogP contribution in [0.3, 0.4) is 0 Å². The minimum Gasteiger partial charge on any atom is -0.336 e. The second-order valence-electron chi connectivity index (χ2n) is 3.78. The smallest absolute Gasteiger partial charge is 0.172 e.